The molecule has 0 atom stereocenters. The van der Waals surface area contributed by atoms with E-state index in [0.717, 1.165) is 12.1 Å². The van der Waals surface area contributed by atoms with Gasteiger partial charge in [-0.05, 0) is 55.0 Å². The fourth-order valence-electron chi connectivity index (χ4n) is 3.71. The molecule has 204 valence electrons. The number of ether oxygens (including phenoxy) is 2. The Hall–Kier alpha value is -5.23. The van der Waals surface area contributed by atoms with E-state index >= 15 is 0 Å². The van der Waals surface area contributed by atoms with Crippen LogP contribution in [0.3, 0.4) is 0 Å². The van der Waals surface area contributed by atoms with Crippen LogP contribution in [-0.4, -0.2) is 41.9 Å². The first-order valence-electron chi connectivity index (χ1n) is 11.8. The third-order valence-corrected chi connectivity index (χ3v) is 5.75. The Morgan fingerprint density at radius 1 is 1.07 bits per heavy atom. The number of nitro benzene ring substituents is 1. The van der Waals surface area contributed by atoms with Gasteiger partial charge in [-0.2, -0.15) is 0 Å². The number of anilines is 2. The number of rotatable bonds is 9. The first kappa shape index (κ1) is 27.8. The van der Waals surface area contributed by atoms with Gasteiger partial charge in [0.2, 0.25) is 0 Å². The molecule has 4 rings (SSSR count). The summed E-state index contributed by atoms with van der Waals surface area (Å²) < 4.78 is 11.2. The third-order valence-electron chi connectivity index (χ3n) is 5.47. The highest BCUT2D eigenvalue weighted by Gasteiger charge is 2.37. The fourth-order valence-corrected chi connectivity index (χ4v) is 3.99. The minimum atomic E-state index is -1.01. The highest BCUT2D eigenvalue weighted by atomic mass is 35.5. The predicted molar refractivity (Wildman–Crippen MR) is 145 cm³/mol. The maximum Gasteiger partial charge on any atom is 0.335 e. The van der Waals surface area contributed by atoms with Crippen LogP contribution in [0.15, 0.2) is 72.3 Å². The van der Waals surface area contributed by atoms with Crippen LogP contribution >= 0.6 is 11.6 Å². The number of para-hydroxylation sites is 1. The van der Waals surface area contributed by atoms with Crippen molar-refractivity contribution in [2.75, 3.05) is 23.4 Å². The van der Waals surface area contributed by atoms with Crippen LogP contribution in [0.1, 0.15) is 12.5 Å². The molecule has 0 saturated carbocycles. The van der Waals surface area contributed by atoms with E-state index in [1.807, 2.05) is 6.07 Å². The van der Waals surface area contributed by atoms with Gasteiger partial charge >= 0.3 is 6.03 Å². The summed E-state index contributed by atoms with van der Waals surface area (Å²) in [6.45, 7) is 1.56. The van der Waals surface area contributed by atoms with E-state index in [2.05, 4.69) is 10.6 Å². The second-order valence-corrected chi connectivity index (χ2v) is 8.60. The zero-order valence-electron chi connectivity index (χ0n) is 20.9. The average Bonchev–Trinajstić information content (AvgIpc) is 2.91. The van der Waals surface area contributed by atoms with Crippen LogP contribution in [0.5, 0.6) is 11.5 Å². The molecule has 0 unspecified atom stereocenters. The smallest absolute Gasteiger partial charge is 0.335 e. The van der Waals surface area contributed by atoms with Gasteiger partial charge in [-0.3, -0.25) is 29.8 Å². The summed E-state index contributed by atoms with van der Waals surface area (Å²) >= 11 is 6.42. The molecule has 3 aromatic rings. The number of urea groups is 1. The summed E-state index contributed by atoms with van der Waals surface area (Å²) in [6.07, 6.45) is 1.21. The van der Waals surface area contributed by atoms with E-state index in [-0.39, 0.29) is 46.7 Å². The lowest BCUT2D eigenvalue weighted by atomic mass is 10.1. The van der Waals surface area contributed by atoms with E-state index < -0.39 is 34.2 Å². The highest BCUT2D eigenvalue weighted by molar-refractivity contribution is 6.39. The maximum absolute atomic E-state index is 13.2. The van der Waals surface area contributed by atoms with Crippen molar-refractivity contribution in [3.8, 4) is 11.5 Å². The fraction of sp³-hybridized carbons (Fsp3) is 0.111. The van der Waals surface area contributed by atoms with Crippen LogP contribution in [0.4, 0.5) is 21.9 Å². The number of hydrogen-bond donors (Lipinski definition) is 2. The minimum absolute atomic E-state index is 0.0251. The maximum atomic E-state index is 13.2. The van der Waals surface area contributed by atoms with E-state index in [4.69, 9.17) is 21.1 Å². The number of benzene rings is 3. The van der Waals surface area contributed by atoms with Crippen LogP contribution in [-0.2, 0) is 14.4 Å². The summed E-state index contributed by atoms with van der Waals surface area (Å²) in [5.41, 5.74) is 0.250. The minimum Gasteiger partial charge on any atom is -0.490 e. The van der Waals surface area contributed by atoms with Crippen LogP contribution < -0.4 is 25.0 Å². The Labute approximate surface area is 232 Å². The molecular formula is C27H21ClN4O8. The van der Waals surface area contributed by atoms with Crippen molar-refractivity contribution in [3.63, 3.8) is 0 Å². The van der Waals surface area contributed by atoms with Crippen molar-refractivity contribution in [1.82, 2.24) is 5.32 Å². The number of halogens is 1. The van der Waals surface area contributed by atoms with Gasteiger partial charge in [0.1, 0.15) is 5.57 Å². The normalized spacial score (nSPS) is 14.1. The van der Waals surface area contributed by atoms with Crippen molar-refractivity contribution in [2.24, 2.45) is 0 Å². The summed E-state index contributed by atoms with van der Waals surface area (Å²) in [5, 5.41) is 15.7. The summed E-state index contributed by atoms with van der Waals surface area (Å²) in [7, 11) is 0. The summed E-state index contributed by atoms with van der Waals surface area (Å²) in [5.74, 6) is -2.09. The summed E-state index contributed by atoms with van der Waals surface area (Å²) in [6, 6.07) is 15.3. The number of imide groups is 2. The second kappa shape index (κ2) is 12.1. The standard InChI is InChI=1S/C27H21ClN4O8/c1-2-39-22-14-16(13-21(28)24(22)40-15-23(33)29-17-6-4-3-5-7-17)12-20-25(34)30-27(36)31(26(20)35)18-8-10-19(11-9-18)32(37)38/h3-14H,2,15H2,1H3,(H,29,33)(H,30,34,36)/b20-12+. The van der Waals surface area contributed by atoms with E-state index in [1.165, 1.54) is 30.3 Å². The molecule has 5 amide bonds. The van der Waals surface area contributed by atoms with Gasteiger partial charge in [0.05, 0.1) is 22.2 Å². The number of carbonyl (C=O) groups is 4. The number of nitrogens with zero attached hydrogens (tertiary/aromatic N) is 2. The second-order valence-electron chi connectivity index (χ2n) is 8.20. The molecule has 3 aromatic carbocycles. The molecule has 0 bridgehead atoms. The van der Waals surface area contributed by atoms with Gasteiger partial charge in [0.25, 0.3) is 23.4 Å². The van der Waals surface area contributed by atoms with Crippen molar-refractivity contribution in [1.29, 1.82) is 0 Å². The van der Waals surface area contributed by atoms with Crippen molar-refractivity contribution in [3.05, 3.63) is 93.0 Å². The molecular weight excluding hydrogens is 544 g/mol. The lowest BCUT2D eigenvalue weighted by Gasteiger charge is -2.26. The largest absolute Gasteiger partial charge is 0.490 e. The number of nitrogens with one attached hydrogen (secondary N) is 2. The van der Waals surface area contributed by atoms with Gasteiger partial charge in [-0.15, -0.1) is 0 Å². The Morgan fingerprint density at radius 2 is 1.77 bits per heavy atom. The van der Waals surface area contributed by atoms with Gasteiger partial charge in [-0.1, -0.05) is 29.8 Å². The molecule has 1 fully saturated rings. The topological polar surface area (TPSA) is 157 Å². The summed E-state index contributed by atoms with van der Waals surface area (Å²) in [4.78, 5) is 61.5. The lowest BCUT2D eigenvalue weighted by molar-refractivity contribution is -0.384. The number of carbonyl (C=O) groups excluding carboxylic acids is 4. The van der Waals surface area contributed by atoms with Gasteiger partial charge in [0, 0.05) is 17.8 Å². The molecule has 0 radical (unpaired) electrons. The average molecular weight is 565 g/mol. The van der Waals surface area contributed by atoms with Crippen molar-refractivity contribution < 1.29 is 33.6 Å². The Kier molecular flexibility index (Phi) is 8.40. The van der Waals surface area contributed by atoms with E-state index in [0.29, 0.717) is 10.6 Å². The molecule has 1 aliphatic heterocycles. The molecule has 40 heavy (non-hydrogen) atoms. The predicted octanol–water partition coefficient (Wildman–Crippen LogP) is 4.33. The van der Waals surface area contributed by atoms with E-state index in [1.54, 1.807) is 31.2 Å². The first-order chi connectivity index (χ1) is 19.2. The zero-order valence-corrected chi connectivity index (χ0v) is 21.6. The molecule has 2 N–H and O–H groups in total. The number of nitro groups is 1. The van der Waals surface area contributed by atoms with E-state index in [9.17, 15) is 29.3 Å². The third kappa shape index (κ3) is 6.25. The van der Waals surface area contributed by atoms with Crippen molar-refractivity contribution in [2.45, 2.75) is 6.92 Å². The van der Waals surface area contributed by atoms with Crippen LogP contribution in [0.2, 0.25) is 5.02 Å². The monoisotopic (exact) mass is 564 g/mol. The zero-order chi connectivity index (χ0) is 28.8. The molecule has 1 saturated heterocycles. The number of non-ortho nitro benzene ring substituents is 1. The molecule has 1 aliphatic rings. The van der Waals surface area contributed by atoms with Gasteiger partial charge < -0.3 is 14.8 Å². The van der Waals surface area contributed by atoms with Crippen LogP contribution in [0, 0.1) is 10.1 Å². The van der Waals surface area contributed by atoms with Gasteiger partial charge in [-0.25, -0.2) is 9.69 Å². The SMILES string of the molecule is CCOc1cc(/C=C2\C(=O)NC(=O)N(c3ccc([N+](=O)[O-])cc3)C2=O)cc(Cl)c1OCC(=O)Nc1ccccc1. The van der Waals surface area contributed by atoms with Crippen LogP contribution in [0.25, 0.3) is 6.08 Å². The Bertz CT molecular complexity index is 1520. The Morgan fingerprint density at radius 3 is 2.42 bits per heavy atom. The number of barbiturate groups is 1. The molecule has 0 aliphatic carbocycles. The van der Waals surface area contributed by atoms with Gasteiger partial charge in [0.15, 0.2) is 18.1 Å². The molecule has 0 aromatic heterocycles. The molecule has 0 spiro atoms. The quantitative estimate of drug-likeness (QED) is 0.168. The number of hydrogen-bond acceptors (Lipinski definition) is 8. The first-order valence-corrected chi connectivity index (χ1v) is 12.2. The molecule has 12 nitrogen and oxygen atoms in total. The lowest BCUT2D eigenvalue weighted by Crippen LogP contribution is -2.54. The van der Waals surface area contributed by atoms with Crippen molar-refractivity contribution >= 4 is 58.5 Å². The molecule has 1 heterocycles. The highest BCUT2D eigenvalue weighted by Crippen LogP contribution is 2.37. The Balaban J connectivity index is 1.59. The number of amides is 5. The molecule has 13 heteroatoms.